The second-order valence-corrected chi connectivity index (χ2v) is 5.91. The van der Waals surface area contributed by atoms with E-state index in [1.807, 2.05) is 37.3 Å². The molecule has 0 saturated heterocycles. The van der Waals surface area contributed by atoms with Crippen molar-refractivity contribution in [1.29, 1.82) is 0 Å². The Morgan fingerprint density at radius 1 is 1.24 bits per heavy atom. The van der Waals surface area contributed by atoms with Crippen LogP contribution in [0.2, 0.25) is 0 Å². The summed E-state index contributed by atoms with van der Waals surface area (Å²) < 4.78 is 10.8. The fraction of sp³-hybridized carbons (Fsp3) is 0.316. The molecule has 0 aliphatic rings. The summed E-state index contributed by atoms with van der Waals surface area (Å²) >= 11 is 0. The number of pyridine rings is 1. The molecule has 0 bridgehead atoms. The highest BCUT2D eigenvalue weighted by Gasteiger charge is 2.17. The van der Waals surface area contributed by atoms with Gasteiger partial charge in [-0.05, 0) is 31.9 Å². The van der Waals surface area contributed by atoms with Crippen LogP contribution in [0.3, 0.4) is 0 Å². The van der Waals surface area contributed by atoms with Crippen molar-refractivity contribution in [3.05, 3.63) is 58.9 Å². The molecule has 6 nitrogen and oxygen atoms in total. The fourth-order valence-electron chi connectivity index (χ4n) is 2.63. The predicted molar refractivity (Wildman–Crippen MR) is 94.3 cm³/mol. The monoisotopic (exact) mass is 339 g/mol. The number of hydrogen-bond acceptors (Lipinski definition) is 5. The summed E-state index contributed by atoms with van der Waals surface area (Å²) in [6.45, 7) is 5.34. The van der Waals surface area contributed by atoms with Gasteiger partial charge in [0.2, 0.25) is 0 Å². The molecular weight excluding hydrogens is 318 g/mol. The zero-order chi connectivity index (χ0) is 17.6. The quantitative estimate of drug-likeness (QED) is 0.669. The van der Waals surface area contributed by atoms with Crippen LogP contribution in [0.1, 0.15) is 33.7 Å². The van der Waals surface area contributed by atoms with Crippen molar-refractivity contribution in [2.45, 2.75) is 26.9 Å². The zero-order valence-corrected chi connectivity index (χ0v) is 14.4. The molecule has 1 amide bonds. The third-order valence-corrected chi connectivity index (χ3v) is 3.85. The number of amides is 1. The molecule has 0 unspecified atom stereocenters. The molecule has 3 aromatic rings. The van der Waals surface area contributed by atoms with Gasteiger partial charge in [-0.25, -0.2) is 4.98 Å². The highest BCUT2D eigenvalue weighted by molar-refractivity contribution is 6.05. The lowest BCUT2D eigenvalue weighted by Crippen LogP contribution is -2.25. The summed E-state index contributed by atoms with van der Waals surface area (Å²) in [5.41, 5.74) is 3.48. The lowest BCUT2D eigenvalue weighted by atomic mass is 10.1. The minimum atomic E-state index is -0.148. The number of carbonyl (C=O) groups is 1. The van der Waals surface area contributed by atoms with Gasteiger partial charge >= 0.3 is 0 Å². The summed E-state index contributed by atoms with van der Waals surface area (Å²) in [7, 11) is 0. The van der Waals surface area contributed by atoms with Crippen LogP contribution < -0.4 is 5.32 Å². The Labute approximate surface area is 146 Å². The standard InChI is InChI=1S/C19H21N3O3/c1-13-11-16(17-14(2)22-25-19(17)21-13)18(23)20-9-6-10-24-12-15-7-4-3-5-8-15/h3-5,7-8,11H,6,9-10,12H2,1-2H3,(H,20,23). The molecule has 130 valence electrons. The van der Waals surface area contributed by atoms with E-state index in [-0.39, 0.29) is 5.91 Å². The van der Waals surface area contributed by atoms with Crippen molar-refractivity contribution >= 4 is 17.0 Å². The Kier molecular flexibility index (Phi) is 5.40. The average Bonchev–Trinajstić information content (AvgIpc) is 2.98. The van der Waals surface area contributed by atoms with E-state index in [4.69, 9.17) is 9.26 Å². The molecule has 25 heavy (non-hydrogen) atoms. The van der Waals surface area contributed by atoms with Crippen LogP contribution in [0.5, 0.6) is 0 Å². The van der Waals surface area contributed by atoms with Crippen molar-refractivity contribution < 1.29 is 14.1 Å². The summed E-state index contributed by atoms with van der Waals surface area (Å²) in [6, 6.07) is 11.8. The molecule has 0 spiro atoms. The predicted octanol–water partition coefficient (Wildman–Crippen LogP) is 3.18. The molecule has 6 heteroatoms. The largest absolute Gasteiger partial charge is 0.377 e. The van der Waals surface area contributed by atoms with Gasteiger partial charge in [-0.15, -0.1) is 0 Å². The van der Waals surface area contributed by atoms with Crippen LogP contribution in [-0.4, -0.2) is 29.2 Å². The molecule has 3 rings (SSSR count). The molecule has 0 aliphatic carbocycles. The molecule has 0 atom stereocenters. The lowest BCUT2D eigenvalue weighted by Gasteiger charge is -2.08. The Morgan fingerprint density at radius 2 is 2.04 bits per heavy atom. The molecular formula is C19H21N3O3. The van der Waals surface area contributed by atoms with Gasteiger partial charge in [-0.3, -0.25) is 4.79 Å². The van der Waals surface area contributed by atoms with E-state index >= 15 is 0 Å². The number of aryl methyl sites for hydroxylation is 2. The van der Waals surface area contributed by atoms with E-state index in [1.165, 1.54) is 0 Å². The number of nitrogens with zero attached hydrogens (tertiary/aromatic N) is 2. The van der Waals surface area contributed by atoms with Gasteiger partial charge in [-0.1, -0.05) is 35.5 Å². The summed E-state index contributed by atoms with van der Waals surface area (Å²) in [5.74, 6) is -0.148. The van der Waals surface area contributed by atoms with Crippen LogP contribution in [0.25, 0.3) is 11.1 Å². The zero-order valence-electron chi connectivity index (χ0n) is 14.4. The smallest absolute Gasteiger partial charge is 0.258 e. The fourth-order valence-corrected chi connectivity index (χ4v) is 2.63. The number of ether oxygens (including phenoxy) is 1. The molecule has 1 N–H and O–H groups in total. The van der Waals surface area contributed by atoms with Crippen LogP contribution in [0.15, 0.2) is 40.9 Å². The molecule has 0 fully saturated rings. The summed E-state index contributed by atoms with van der Waals surface area (Å²) in [4.78, 5) is 16.7. The Bertz CT molecular complexity index is 859. The Morgan fingerprint density at radius 3 is 2.84 bits per heavy atom. The first-order valence-corrected chi connectivity index (χ1v) is 8.28. The SMILES string of the molecule is Cc1cc(C(=O)NCCCOCc2ccccc2)c2c(C)noc2n1. The Hall–Kier alpha value is -2.73. The number of aromatic nitrogens is 2. The van der Waals surface area contributed by atoms with Gasteiger partial charge in [0.15, 0.2) is 0 Å². The third kappa shape index (κ3) is 4.22. The average molecular weight is 339 g/mol. The second-order valence-electron chi connectivity index (χ2n) is 5.91. The van der Waals surface area contributed by atoms with Gasteiger partial charge in [0, 0.05) is 18.8 Å². The van der Waals surface area contributed by atoms with Gasteiger partial charge < -0.3 is 14.6 Å². The molecule has 1 aromatic carbocycles. The first kappa shape index (κ1) is 17.1. The molecule has 0 radical (unpaired) electrons. The minimum absolute atomic E-state index is 0.148. The lowest BCUT2D eigenvalue weighted by molar-refractivity contribution is 0.0936. The Balaban J connectivity index is 1.49. The molecule has 0 saturated carbocycles. The number of hydrogen-bond donors (Lipinski definition) is 1. The number of nitrogens with one attached hydrogen (secondary N) is 1. The van der Waals surface area contributed by atoms with Crippen molar-refractivity contribution in [2.75, 3.05) is 13.2 Å². The highest BCUT2D eigenvalue weighted by atomic mass is 16.5. The van der Waals surface area contributed by atoms with Crippen LogP contribution >= 0.6 is 0 Å². The number of benzene rings is 1. The molecule has 2 aromatic heterocycles. The van der Waals surface area contributed by atoms with Gasteiger partial charge in [0.1, 0.15) is 0 Å². The van der Waals surface area contributed by atoms with E-state index in [2.05, 4.69) is 15.5 Å². The van der Waals surface area contributed by atoms with Gasteiger partial charge in [0.25, 0.3) is 11.6 Å². The van der Waals surface area contributed by atoms with Crippen LogP contribution in [-0.2, 0) is 11.3 Å². The topological polar surface area (TPSA) is 77.2 Å². The molecule has 2 heterocycles. The van der Waals surface area contributed by atoms with Gasteiger partial charge in [-0.2, -0.15) is 0 Å². The van der Waals surface area contributed by atoms with E-state index in [1.54, 1.807) is 13.0 Å². The normalized spacial score (nSPS) is 11.0. The van der Waals surface area contributed by atoms with E-state index in [0.717, 1.165) is 17.7 Å². The second kappa shape index (κ2) is 7.90. The third-order valence-electron chi connectivity index (χ3n) is 3.85. The molecule has 0 aliphatic heterocycles. The van der Waals surface area contributed by atoms with Crippen molar-refractivity contribution in [3.63, 3.8) is 0 Å². The van der Waals surface area contributed by atoms with Crippen molar-refractivity contribution in [1.82, 2.24) is 15.5 Å². The van der Waals surface area contributed by atoms with Gasteiger partial charge in [0.05, 0.1) is 23.3 Å². The van der Waals surface area contributed by atoms with E-state index in [9.17, 15) is 4.79 Å². The summed E-state index contributed by atoms with van der Waals surface area (Å²) in [5, 5.41) is 7.48. The van der Waals surface area contributed by atoms with Crippen molar-refractivity contribution in [2.24, 2.45) is 0 Å². The first-order chi connectivity index (χ1) is 12.1. The maximum atomic E-state index is 12.5. The number of carbonyl (C=O) groups excluding carboxylic acids is 1. The highest BCUT2D eigenvalue weighted by Crippen LogP contribution is 2.21. The van der Waals surface area contributed by atoms with E-state index < -0.39 is 0 Å². The minimum Gasteiger partial charge on any atom is -0.377 e. The number of rotatable bonds is 7. The maximum absolute atomic E-state index is 12.5. The first-order valence-electron chi connectivity index (χ1n) is 8.28. The maximum Gasteiger partial charge on any atom is 0.258 e. The summed E-state index contributed by atoms with van der Waals surface area (Å²) in [6.07, 6.45) is 0.744. The number of fused-ring (bicyclic) bond motifs is 1. The van der Waals surface area contributed by atoms with Crippen molar-refractivity contribution in [3.8, 4) is 0 Å². The van der Waals surface area contributed by atoms with Crippen LogP contribution in [0.4, 0.5) is 0 Å². The van der Waals surface area contributed by atoms with E-state index in [0.29, 0.717) is 42.1 Å². The van der Waals surface area contributed by atoms with Crippen LogP contribution in [0, 0.1) is 13.8 Å².